The molecule has 4 aromatic rings. The quantitative estimate of drug-likeness (QED) is 0.309. The molecule has 10 heteroatoms. The number of halogens is 3. The Morgan fingerprint density at radius 3 is 2.39 bits per heavy atom. The maximum Gasteiger partial charge on any atom is 0.276 e. The lowest BCUT2D eigenvalue weighted by molar-refractivity contribution is 0.0688. The third-order valence-corrected chi connectivity index (χ3v) is 6.78. The maximum absolute atomic E-state index is 14.2. The Morgan fingerprint density at radius 1 is 1.00 bits per heavy atom. The van der Waals surface area contributed by atoms with Crippen molar-refractivity contribution in [1.82, 2.24) is 19.5 Å². The Balaban J connectivity index is 1.75. The summed E-state index contributed by atoms with van der Waals surface area (Å²) in [7, 11) is 0. The monoisotopic (exact) mass is 584 g/mol. The van der Waals surface area contributed by atoms with E-state index in [1.165, 1.54) is 17.6 Å². The molecule has 38 heavy (non-hydrogen) atoms. The summed E-state index contributed by atoms with van der Waals surface area (Å²) in [4.78, 5) is 26.7. The minimum atomic E-state index is -1.22. The van der Waals surface area contributed by atoms with Gasteiger partial charge >= 0.3 is 0 Å². The molecule has 1 N–H and O–H groups in total. The van der Waals surface area contributed by atoms with E-state index in [0.29, 0.717) is 17.2 Å². The SMILES string of the molecule is Cc1cc(COc2nc(C)n(-c3cc(-c4nc(C(C)(C)O)ncc4C)ccc3C)c(=O)c2Br)c(F)cc1F. The Bertz CT molecular complexity index is 1610. The molecule has 0 bridgehead atoms. The number of hydrogen-bond donors (Lipinski definition) is 1. The summed E-state index contributed by atoms with van der Waals surface area (Å²) in [6.45, 7) is 9.94. The van der Waals surface area contributed by atoms with Crippen LogP contribution < -0.4 is 10.3 Å². The van der Waals surface area contributed by atoms with Crippen LogP contribution in [0.4, 0.5) is 8.78 Å². The first-order valence-corrected chi connectivity index (χ1v) is 12.6. The number of ether oxygens (including phenoxy) is 1. The number of nitrogens with zero attached hydrogens (tertiary/aromatic N) is 4. The molecule has 4 rings (SSSR count). The van der Waals surface area contributed by atoms with E-state index in [9.17, 15) is 18.7 Å². The summed E-state index contributed by atoms with van der Waals surface area (Å²) in [5, 5.41) is 10.4. The molecule has 0 amide bonds. The zero-order valence-electron chi connectivity index (χ0n) is 21.9. The number of benzene rings is 2. The van der Waals surface area contributed by atoms with Crippen LogP contribution in [0.15, 0.2) is 45.8 Å². The van der Waals surface area contributed by atoms with Gasteiger partial charge in [0.05, 0.1) is 11.4 Å². The first-order valence-electron chi connectivity index (χ1n) is 11.8. The van der Waals surface area contributed by atoms with E-state index in [1.54, 1.807) is 27.0 Å². The van der Waals surface area contributed by atoms with Crippen LogP contribution >= 0.6 is 15.9 Å². The average Bonchev–Trinajstić information content (AvgIpc) is 2.84. The van der Waals surface area contributed by atoms with Crippen molar-refractivity contribution in [2.24, 2.45) is 0 Å². The van der Waals surface area contributed by atoms with Gasteiger partial charge in [0.25, 0.3) is 5.56 Å². The van der Waals surface area contributed by atoms with E-state index >= 15 is 0 Å². The number of hydrogen-bond acceptors (Lipinski definition) is 6. The molecular formula is C28H27BrF2N4O3. The number of aromatic nitrogens is 4. The molecule has 7 nitrogen and oxygen atoms in total. The second kappa shape index (κ2) is 10.3. The highest BCUT2D eigenvalue weighted by atomic mass is 79.9. The fraction of sp³-hybridized carbons (Fsp3) is 0.286. The van der Waals surface area contributed by atoms with Crippen molar-refractivity contribution < 1.29 is 18.6 Å². The van der Waals surface area contributed by atoms with Crippen molar-refractivity contribution in [3.63, 3.8) is 0 Å². The Labute approximate surface area is 227 Å². The third kappa shape index (κ3) is 5.37. The lowest BCUT2D eigenvalue weighted by Crippen LogP contribution is -2.24. The van der Waals surface area contributed by atoms with Crippen LogP contribution in [-0.4, -0.2) is 24.6 Å². The molecule has 2 heterocycles. The van der Waals surface area contributed by atoms with Gasteiger partial charge in [0.15, 0.2) is 5.82 Å². The fourth-order valence-electron chi connectivity index (χ4n) is 3.96. The molecule has 0 radical (unpaired) electrons. The number of aliphatic hydroxyl groups is 1. The second-order valence-corrected chi connectivity index (χ2v) is 10.5. The Morgan fingerprint density at radius 2 is 1.71 bits per heavy atom. The van der Waals surface area contributed by atoms with Gasteiger partial charge in [-0.1, -0.05) is 12.1 Å². The van der Waals surface area contributed by atoms with Crippen LogP contribution in [0.1, 0.15) is 47.8 Å². The van der Waals surface area contributed by atoms with E-state index in [-0.39, 0.29) is 33.9 Å². The van der Waals surface area contributed by atoms with Gasteiger partial charge in [-0.2, -0.15) is 4.98 Å². The van der Waals surface area contributed by atoms with Gasteiger partial charge < -0.3 is 9.84 Å². The second-order valence-electron chi connectivity index (χ2n) is 9.69. The molecule has 0 aliphatic carbocycles. The van der Waals surface area contributed by atoms with E-state index in [0.717, 1.165) is 22.8 Å². The van der Waals surface area contributed by atoms with Crippen molar-refractivity contribution >= 4 is 15.9 Å². The van der Waals surface area contributed by atoms with E-state index in [2.05, 4.69) is 30.9 Å². The molecule has 2 aromatic carbocycles. The van der Waals surface area contributed by atoms with E-state index in [1.807, 2.05) is 32.0 Å². The fourth-order valence-corrected chi connectivity index (χ4v) is 4.34. The predicted molar refractivity (Wildman–Crippen MR) is 143 cm³/mol. The first kappa shape index (κ1) is 27.5. The summed E-state index contributed by atoms with van der Waals surface area (Å²) in [5.41, 5.74) is 2.38. The summed E-state index contributed by atoms with van der Waals surface area (Å²) in [5.74, 6) is -0.752. The minimum absolute atomic E-state index is 0.000370. The molecule has 0 unspecified atom stereocenters. The van der Waals surface area contributed by atoms with E-state index in [4.69, 9.17) is 4.74 Å². The molecule has 0 aliphatic rings. The predicted octanol–water partition coefficient (Wildman–Crippen LogP) is 5.77. The van der Waals surface area contributed by atoms with Gasteiger partial charge in [-0.05, 0) is 86.3 Å². The lowest BCUT2D eigenvalue weighted by Gasteiger charge is -2.18. The highest BCUT2D eigenvalue weighted by molar-refractivity contribution is 9.10. The minimum Gasteiger partial charge on any atom is -0.472 e. The van der Waals surface area contributed by atoms with Crippen LogP contribution in [0.3, 0.4) is 0 Å². The summed E-state index contributed by atoms with van der Waals surface area (Å²) >= 11 is 3.29. The molecule has 2 aromatic heterocycles. The largest absolute Gasteiger partial charge is 0.472 e. The van der Waals surface area contributed by atoms with Gasteiger partial charge in [-0.3, -0.25) is 9.36 Å². The molecule has 0 atom stereocenters. The molecular weight excluding hydrogens is 558 g/mol. The van der Waals surface area contributed by atoms with Crippen molar-refractivity contribution in [1.29, 1.82) is 0 Å². The van der Waals surface area contributed by atoms with Crippen molar-refractivity contribution in [3.05, 3.63) is 96.9 Å². The topological polar surface area (TPSA) is 90.1 Å². The van der Waals surface area contributed by atoms with Gasteiger partial charge in [-0.25, -0.2) is 18.7 Å². The molecule has 0 aliphatic heterocycles. The van der Waals surface area contributed by atoms with Crippen LogP contribution in [0.25, 0.3) is 16.9 Å². The smallest absolute Gasteiger partial charge is 0.276 e. The van der Waals surface area contributed by atoms with Crippen molar-refractivity contribution in [3.8, 4) is 22.8 Å². The number of rotatable bonds is 6. The molecule has 198 valence electrons. The van der Waals surface area contributed by atoms with Crippen LogP contribution in [0.5, 0.6) is 5.88 Å². The normalized spacial score (nSPS) is 11.6. The molecule has 0 spiro atoms. The van der Waals surface area contributed by atoms with Gasteiger partial charge in [0.1, 0.15) is 34.1 Å². The van der Waals surface area contributed by atoms with Crippen LogP contribution in [-0.2, 0) is 12.2 Å². The van der Waals surface area contributed by atoms with Crippen LogP contribution in [0.2, 0.25) is 0 Å². The van der Waals surface area contributed by atoms with Gasteiger partial charge in [0, 0.05) is 23.4 Å². The first-order chi connectivity index (χ1) is 17.8. The zero-order valence-corrected chi connectivity index (χ0v) is 23.4. The average molecular weight is 585 g/mol. The Hall–Kier alpha value is -3.50. The third-order valence-electron chi connectivity index (χ3n) is 6.10. The van der Waals surface area contributed by atoms with Gasteiger partial charge in [-0.15, -0.1) is 0 Å². The Kier molecular flexibility index (Phi) is 7.49. The standard InChI is InChI=1S/C28H27BrF2N4O3/c1-14-7-8-18(24-16(3)12-32-27(34-24)28(5,6)37)10-22(14)35-17(4)33-25(23(29)26(35)36)38-13-19-9-15(2)20(30)11-21(19)31/h7-12,37H,13H2,1-6H3. The summed E-state index contributed by atoms with van der Waals surface area (Å²) in [6.07, 6.45) is 1.66. The molecule has 0 saturated carbocycles. The number of aryl methyl sites for hydroxylation is 4. The highest BCUT2D eigenvalue weighted by Crippen LogP contribution is 2.29. The summed E-state index contributed by atoms with van der Waals surface area (Å²) in [6, 6.07) is 7.76. The molecule has 0 fully saturated rings. The van der Waals surface area contributed by atoms with Gasteiger partial charge in [0.2, 0.25) is 5.88 Å². The van der Waals surface area contributed by atoms with Crippen LogP contribution in [0, 0.1) is 39.3 Å². The van der Waals surface area contributed by atoms with Crippen molar-refractivity contribution in [2.45, 2.75) is 53.8 Å². The summed E-state index contributed by atoms with van der Waals surface area (Å²) < 4.78 is 35.0. The van der Waals surface area contributed by atoms with Crippen molar-refractivity contribution in [2.75, 3.05) is 0 Å². The lowest BCUT2D eigenvalue weighted by atomic mass is 10.0. The maximum atomic E-state index is 14.2. The zero-order chi connectivity index (χ0) is 27.9. The van der Waals surface area contributed by atoms with E-state index < -0.39 is 22.8 Å². The molecule has 0 saturated heterocycles. The highest BCUT2D eigenvalue weighted by Gasteiger charge is 2.22.